The molecule has 7 nitrogen and oxygen atoms in total. The first-order valence-corrected chi connectivity index (χ1v) is 8.49. The second-order valence-corrected chi connectivity index (χ2v) is 6.04. The van der Waals surface area contributed by atoms with E-state index < -0.39 is 17.5 Å². The van der Waals surface area contributed by atoms with Crippen LogP contribution in [-0.4, -0.2) is 34.4 Å². The second-order valence-electron chi connectivity index (χ2n) is 6.04. The van der Waals surface area contributed by atoms with E-state index in [1.165, 1.54) is 0 Å². The lowest BCUT2D eigenvalue weighted by Crippen LogP contribution is -2.17. The van der Waals surface area contributed by atoms with Gasteiger partial charge in [-0.3, -0.25) is 9.48 Å². The van der Waals surface area contributed by atoms with Gasteiger partial charge >= 0.3 is 0 Å². The maximum absolute atomic E-state index is 13.4. The number of hydrogen-bond acceptors (Lipinski definition) is 5. The lowest BCUT2D eigenvalue weighted by molar-refractivity contribution is 0.102. The smallest absolute Gasteiger partial charge is 0.277 e. The third-order valence-corrected chi connectivity index (χ3v) is 3.80. The number of nitrogens with zero attached hydrogens (tertiary/aromatic N) is 3. The number of rotatable bonds is 7. The summed E-state index contributed by atoms with van der Waals surface area (Å²) in [6, 6.07) is 7.99. The van der Waals surface area contributed by atoms with E-state index in [1.54, 1.807) is 43.1 Å². The summed E-state index contributed by atoms with van der Waals surface area (Å²) in [5.74, 6) is -1.60. The Morgan fingerprint density at radius 3 is 2.64 bits per heavy atom. The van der Waals surface area contributed by atoms with Gasteiger partial charge in [-0.15, -0.1) is 0 Å². The monoisotopic (exact) mass is 387 g/mol. The summed E-state index contributed by atoms with van der Waals surface area (Å²) in [5, 5.41) is 9.73. The maximum Gasteiger partial charge on any atom is 0.277 e. The number of aryl methyl sites for hydroxylation is 1. The van der Waals surface area contributed by atoms with E-state index >= 15 is 0 Å². The standard InChI is InChI=1S/C19H19F2N5O2/c1-12-3-4-16(23-15-10-13(20)9-14(21)11-15)18(22-12)19(27)24-17-5-6-26(25-17)7-8-28-2/h3-6,9-11,23H,7-8H2,1-2H3,(H,24,25,27). The number of halogens is 2. The number of nitrogens with one attached hydrogen (secondary N) is 2. The van der Waals surface area contributed by atoms with Crippen molar-refractivity contribution in [3.63, 3.8) is 0 Å². The lowest BCUT2D eigenvalue weighted by Gasteiger charge is -2.12. The summed E-state index contributed by atoms with van der Waals surface area (Å²) in [7, 11) is 1.59. The number of aromatic nitrogens is 3. The Morgan fingerprint density at radius 1 is 1.18 bits per heavy atom. The van der Waals surface area contributed by atoms with Gasteiger partial charge in [0, 0.05) is 36.8 Å². The van der Waals surface area contributed by atoms with Crippen molar-refractivity contribution in [3.8, 4) is 0 Å². The van der Waals surface area contributed by atoms with Crippen molar-refractivity contribution in [2.75, 3.05) is 24.4 Å². The average Bonchev–Trinajstić information content (AvgIpc) is 3.08. The Kier molecular flexibility index (Phi) is 5.95. The first-order chi connectivity index (χ1) is 13.4. The molecule has 0 fully saturated rings. The van der Waals surface area contributed by atoms with Gasteiger partial charge in [0.1, 0.15) is 11.6 Å². The van der Waals surface area contributed by atoms with Crippen LogP contribution in [0.3, 0.4) is 0 Å². The highest BCUT2D eigenvalue weighted by molar-refractivity contribution is 6.06. The van der Waals surface area contributed by atoms with E-state index in [2.05, 4.69) is 20.7 Å². The molecule has 2 aromatic heterocycles. The van der Waals surface area contributed by atoms with Gasteiger partial charge in [0.25, 0.3) is 5.91 Å². The summed E-state index contributed by atoms with van der Waals surface area (Å²) < 4.78 is 33.5. The van der Waals surface area contributed by atoms with Crippen molar-refractivity contribution in [1.29, 1.82) is 0 Å². The fourth-order valence-electron chi connectivity index (χ4n) is 2.53. The Hall–Kier alpha value is -3.33. The Labute approximate surface area is 160 Å². The van der Waals surface area contributed by atoms with Crippen molar-refractivity contribution in [3.05, 3.63) is 65.6 Å². The maximum atomic E-state index is 13.4. The van der Waals surface area contributed by atoms with Crippen molar-refractivity contribution >= 4 is 23.1 Å². The minimum atomic E-state index is -0.727. The van der Waals surface area contributed by atoms with Gasteiger partial charge in [-0.05, 0) is 31.2 Å². The van der Waals surface area contributed by atoms with Crippen LogP contribution in [0.4, 0.5) is 26.0 Å². The van der Waals surface area contributed by atoms with Crippen molar-refractivity contribution in [2.24, 2.45) is 0 Å². The number of amides is 1. The van der Waals surface area contributed by atoms with Crippen LogP contribution < -0.4 is 10.6 Å². The molecule has 2 N–H and O–H groups in total. The number of methoxy groups -OCH3 is 1. The number of hydrogen-bond donors (Lipinski definition) is 2. The van der Waals surface area contributed by atoms with Gasteiger partial charge in [-0.25, -0.2) is 13.8 Å². The summed E-state index contributed by atoms with van der Waals surface area (Å²) >= 11 is 0. The van der Waals surface area contributed by atoms with Crippen LogP contribution in [0.25, 0.3) is 0 Å². The predicted octanol–water partition coefficient (Wildman–Crippen LogP) is 3.51. The van der Waals surface area contributed by atoms with Crippen molar-refractivity contribution < 1.29 is 18.3 Å². The first-order valence-electron chi connectivity index (χ1n) is 8.49. The fourth-order valence-corrected chi connectivity index (χ4v) is 2.53. The minimum Gasteiger partial charge on any atom is -0.383 e. The molecule has 2 heterocycles. The summed E-state index contributed by atoms with van der Waals surface area (Å²) in [6.07, 6.45) is 1.72. The largest absolute Gasteiger partial charge is 0.383 e. The molecule has 0 radical (unpaired) electrons. The third kappa shape index (κ3) is 4.89. The highest BCUT2D eigenvalue weighted by Gasteiger charge is 2.16. The van der Waals surface area contributed by atoms with E-state index in [0.717, 1.165) is 18.2 Å². The number of pyridine rings is 1. The van der Waals surface area contributed by atoms with Gasteiger partial charge < -0.3 is 15.4 Å². The quantitative estimate of drug-likeness (QED) is 0.649. The van der Waals surface area contributed by atoms with Gasteiger partial charge in [-0.2, -0.15) is 5.10 Å². The van der Waals surface area contributed by atoms with E-state index in [-0.39, 0.29) is 11.4 Å². The Bertz CT molecular complexity index is 970. The number of carbonyl (C=O) groups is 1. The summed E-state index contributed by atoms with van der Waals surface area (Å²) in [6.45, 7) is 2.78. The van der Waals surface area contributed by atoms with Gasteiger partial charge in [0.2, 0.25) is 0 Å². The van der Waals surface area contributed by atoms with Crippen molar-refractivity contribution in [2.45, 2.75) is 13.5 Å². The Balaban J connectivity index is 1.81. The highest BCUT2D eigenvalue weighted by atomic mass is 19.1. The topological polar surface area (TPSA) is 81.1 Å². The van der Waals surface area contributed by atoms with Gasteiger partial charge in [0.05, 0.1) is 18.8 Å². The molecular formula is C19H19F2N5O2. The molecule has 1 amide bonds. The molecule has 9 heteroatoms. The number of ether oxygens (including phenoxy) is 1. The van der Waals surface area contributed by atoms with E-state index in [4.69, 9.17) is 4.74 Å². The van der Waals surface area contributed by atoms with Crippen LogP contribution in [0.5, 0.6) is 0 Å². The fraction of sp³-hybridized carbons (Fsp3) is 0.211. The minimum absolute atomic E-state index is 0.0797. The van der Waals surface area contributed by atoms with E-state index in [9.17, 15) is 13.6 Å². The van der Waals surface area contributed by atoms with Crippen LogP contribution in [0.1, 0.15) is 16.2 Å². The molecule has 0 aliphatic heterocycles. The zero-order chi connectivity index (χ0) is 20.1. The molecule has 0 saturated carbocycles. The zero-order valence-corrected chi connectivity index (χ0v) is 15.4. The Morgan fingerprint density at radius 2 is 1.93 bits per heavy atom. The van der Waals surface area contributed by atoms with E-state index in [0.29, 0.717) is 30.4 Å². The molecule has 146 valence electrons. The van der Waals surface area contributed by atoms with Crippen LogP contribution in [-0.2, 0) is 11.3 Å². The molecule has 28 heavy (non-hydrogen) atoms. The molecule has 0 atom stereocenters. The average molecular weight is 387 g/mol. The molecule has 0 aliphatic carbocycles. The molecule has 3 aromatic rings. The molecule has 0 spiro atoms. The van der Waals surface area contributed by atoms with E-state index in [1.807, 2.05) is 0 Å². The van der Waals surface area contributed by atoms with Crippen LogP contribution in [0, 0.1) is 18.6 Å². The predicted molar refractivity (Wildman–Crippen MR) is 101 cm³/mol. The van der Waals surface area contributed by atoms with Crippen LogP contribution >= 0.6 is 0 Å². The molecule has 0 unspecified atom stereocenters. The van der Waals surface area contributed by atoms with Gasteiger partial charge in [0.15, 0.2) is 11.5 Å². The first kappa shape index (κ1) is 19.4. The van der Waals surface area contributed by atoms with Crippen LogP contribution in [0.2, 0.25) is 0 Å². The second kappa shape index (κ2) is 8.57. The molecule has 0 aliphatic rings. The van der Waals surface area contributed by atoms with Gasteiger partial charge in [-0.1, -0.05) is 0 Å². The zero-order valence-electron chi connectivity index (χ0n) is 15.4. The highest BCUT2D eigenvalue weighted by Crippen LogP contribution is 2.22. The molecule has 1 aromatic carbocycles. The number of carbonyl (C=O) groups excluding carboxylic acids is 1. The molecular weight excluding hydrogens is 368 g/mol. The summed E-state index contributed by atoms with van der Waals surface area (Å²) in [5.41, 5.74) is 1.18. The normalized spacial score (nSPS) is 10.7. The lowest BCUT2D eigenvalue weighted by atomic mass is 10.2. The van der Waals surface area contributed by atoms with Crippen LogP contribution in [0.15, 0.2) is 42.6 Å². The third-order valence-electron chi connectivity index (χ3n) is 3.80. The number of anilines is 3. The SMILES string of the molecule is COCCn1ccc(NC(=O)c2nc(C)ccc2Nc2cc(F)cc(F)c2)n1. The molecule has 0 bridgehead atoms. The molecule has 0 saturated heterocycles. The molecule has 3 rings (SSSR count). The summed E-state index contributed by atoms with van der Waals surface area (Å²) in [4.78, 5) is 16.9. The van der Waals surface area contributed by atoms with Crippen molar-refractivity contribution in [1.82, 2.24) is 14.8 Å². The number of benzene rings is 1.